The predicted molar refractivity (Wildman–Crippen MR) is 81.8 cm³/mol. The molecule has 1 amide bonds. The third-order valence-electron chi connectivity index (χ3n) is 3.00. The lowest BCUT2D eigenvalue weighted by molar-refractivity contribution is 0.0288. The minimum atomic E-state index is -1.06. The molecule has 1 heterocycles. The molecule has 5 nitrogen and oxygen atoms in total. The van der Waals surface area contributed by atoms with E-state index >= 15 is 0 Å². The maximum absolute atomic E-state index is 11.9. The van der Waals surface area contributed by atoms with E-state index in [1.54, 1.807) is 4.90 Å². The van der Waals surface area contributed by atoms with Gasteiger partial charge in [-0.1, -0.05) is 0 Å². The second kappa shape index (κ2) is 6.54. The van der Waals surface area contributed by atoms with Crippen molar-refractivity contribution < 1.29 is 14.1 Å². The third-order valence-corrected chi connectivity index (χ3v) is 4.54. The molecule has 1 N–H and O–H groups in total. The van der Waals surface area contributed by atoms with Gasteiger partial charge < -0.3 is 14.2 Å². The van der Waals surface area contributed by atoms with Crippen molar-refractivity contribution in [2.45, 2.75) is 58.3 Å². The van der Waals surface area contributed by atoms with Gasteiger partial charge in [-0.05, 0) is 53.9 Å². The summed E-state index contributed by atoms with van der Waals surface area (Å²) in [4.78, 5) is 13.7. The summed E-state index contributed by atoms with van der Waals surface area (Å²) in [7, 11) is 0. The van der Waals surface area contributed by atoms with Crippen LogP contribution in [0.5, 0.6) is 0 Å². The van der Waals surface area contributed by atoms with E-state index in [9.17, 15) is 9.35 Å². The molecule has 0 spiro atoms. The molecule has 1 aliphatic heterocycles. The van der Waals surface area contributed by atoms with Crippen LogP contribution in [0.25, 0.3) is 0 Å². The second-order valence-electron chi connectivity index (χ2n) is 7.31. The van der Waals surface area contributed by atoms with Crippen molar-refractivity contribution in [2.75, 3.05) is 19.6 Å². The summed E-state index contributed by atoms with van der Waals surface area (Å²) in [5, 5.41) is 0. The molecule has 1 aliphatic rings. The highest BCUT2D eigenvalue weighted by Crippen LogP contribution is 2.20. The van der Waals surface area contributed by atoms with Crippen LogP contribution in [0.2, 0.25) is 0 Å². The van der Waals surface area contributed by atoms with Crippen molar-refractivity contribution in [1.29, 1.82) is 0 Å². The molecule has 0 aliphatic carbocycles. The Morgan fingerprint density at radius 2 is 1.95 bits per heavy atom. The molecule has 0 saturated carbocycles. The molecule has 20 heavy (non-hydrogen) atoms. The molecule has 0 aromatic rings. The Labute approximate surface area is 125 Å². The minimum absolute atomic E-state index is 0.253. The van der Waals surface area contributed by atoms with Gasteiger partial charge in [-0.15, -0.1) is 4.72 Å². The van der Waals surface area contributed by atoms with Gasteiger partial charge in [-0.25, -0.2) is 4.79 Å². The Morgan fingerprint density at radius 1 is 1.35 bits per heavy atom. The van der Waals surface area contributed by atoms with Crippen molar-refractivity contribution in [2.24, 2.45) is 5.92 Å². The molecule has 0 aromatic carbocycles. The zero-order chi connectivity index (χ0) is 15.6. The summed E-state index contributed by atoms with van der Waals surface area (Å²) in [5.74, 6) is 0.341. The molecule has 0 radical (unpaired) electrons. The van der Waals surface area contributed by atoms with Gasteiger partial charge in [0.1, 0.15) is 10.3 Å². The van der Waals surface area contributed by atoms with Gasteiger partial charge in [0.25, 0.3) is 0 Å². The van der Waals surface area contributed by atoms with Crippen molar-refractivity contribution in [3.63, 3.8) is 0 Å². The van der Waals surface area contributed by atoms with Crippen LogP contribution in [0, 0.1) is 5.92 Å². The number of hydrogen-bond acceptors (Lipinski definition) is 4. The largest absolute Gasteiger partial charge is 0.598 e. The third kappa shape index (κ3) is 5.89. The normalized spacial score (nSPS) is 21.9. The number of ether oxygens (including phenoxy) is 1. The van der Waals surface area contributed by atoms with Crippen molar-refractivity contribution in [3.05, 3.63) is 0 Å². The van der Waals surface area contributed by atoms with Crippen LogP contribution in [0.4, 0.5) is 4.79 Å². The maximum atomic E-state index is 11.9. The summed E-state index contributed by atoms with van der Waals surface area (Å²) >= 11 is -1.06. The first-order valence-electron chi connectivity index (χ1n) is 7.12. The predicted octanol–water partition coefficient (Wildman–Crippen LogP) is 2.30. The van der Waals surface area contributed by atoms with Crippen LogP contribution in [-0.2, 0) is 16.1 Å². The van der Waals surface area contributed by atoms with E-state index in [0.29, 0.717) is 25.6 Å². The van der Waals surface area contributed by atoms with Crippen LogP contribution in [-0.4, -0.2) is 45.5 Å². The Morgan fingerprint density at radius 3 is 2.45 bits per heavy atom. The van der Waals surface area contributed by atoms with Gasteiger partial charge in [-0.3, -0.25) is 0 Å². The van der Waals surface area contributed by atoms with E-state index in [4.69, 9.17) is 4.74 Å². The zero-order valence-corrected chi connectivity index (χ0v) is 14.3. The molecule has 118 valence electrons. The molecule has 0 aromatic heterocycles. The summed E-state index contributed by atoms with van der Waals surface area (Å²) in [5.41, 5.74) is -0.457. The number of nitrogens with zero attached hydrogens (tertiary/aromatic N) is 1. The molecule has 0 unspecified atom stereocenters. The molecule has 1 saturated heterocycles. The molecule has 1 fully saturated rings. The van der Waals surface area contributed by atoms with Crippen LogP contribution >= 0.6 is 0 Å². The lowest BCUT2D eigenvalue weighted by atomic mass is 10.1. The topological polar surface area (TPSA) is 64.6 Å². The molecule has 1 rings (SSSR count). The first kappa shape index (κ1) is 17.6. The average Bonchev–Trinajstić information content (AvgIpc) is 2.70. The van der Waals surface area contributed by atoms with E-state index in [2.05, 4.69) is 4.72 Å². The first-order valence-corrected chi connectivity index (χ1v) is 8.27. The number of nitrogens with one attached hydrogen (secondary N) is 1. The van der Waals surface area contributed by atoms with Crippen LogP contribution in [0.1, 0.15) is 48.0 Å². The van der Waals surface area contributed by atoms with Gasteiger partial charge in [0.05, 0.1) is 0 Å². The molecule has 2 atom stereocenters. The Balaban J connectivity index is 2.35. The highest BCUT2D eigenvalue weighted by atomic mass is 32.2. The van der Waals surface area contributed by atoms with Gasteiger partial charge in [0, 0.05) is 31.0 Å². The fraction of sp³-hybridized carbons (Fsp3) is 0.929. The molecular weight excluding hydrogens is 276 g/mol. The van der Waals surface area contributed by atoms with E-state index in [1.165, 1.54) is 0 Å². The lowest BCUT2D eigenvalue weighted by Gasteiger charge is -2.25. The van der Waals surface area contributed by atoms with E-state index in [1.807, 2.05) is 41.5 Å². The fourth-order valence-corrected chi connectivity index (χ4v) is 2.72. The smallest absolute Gasteiger partial charge is 0.410 e. The van der Waals surface area contributed by atoms with Crippen LogP contribution in [0.3, 0.4) is 0 Å². The maximum Gasteiger partial charge on any atom is 0.410 e. The number of rotatable bonds is 3. The molecule has 0 bridgehead atoms. The average molecular weight is 304 g/mol. The summed E-state index contributed by atoms with van der Waals surface area (Å²) < 4.78 is 20.1. The SMILES string of the molecule is CC(C)(C)OC(=O)N1CC[C@H](CN[S@@+]([O-])C(C)(C)C)C1. The zero-order valence-electron chi connectivity index (χ0n) is 13.5. The van der Waals surface area contributed by atoms with Gasteiger partial charge >= 0.3 is 6.09 Å². The van der Waals surface area contributed by atoms with Crippen molar-refractivity contribution >= 4 is 17.5 Å². The highest BCUT2D eigenvalue weighted by Gasteiger charge is 2.32. The second-order valence-corrected chi connectivity index (χ2v) is 9.36. The van der Waals surface area contributed by atoms with Gasteiger partial charge in [0.15, 0.2) is 0 Å². The number of likely N-dealkylation sites (tertiary alicyclic amines) is 1. The highest BCUT2D eigenvalue weighted by molar-refractivity contribution is 7.90. The number of carbonyl (C=O) groups is 1. The van der Waals surface area contributed by atoms with Crippen molar-refractivity contribution in [3.8, 4) is 0 Å². The van der Waals surface area contributed by atoms with Crippen LogP contribution in [0.15, 0.2) is 0 Å². The van der Waals surface area contributed by atoms with Crippen LogP contribution < -0.4 is 4.72 Å². The number of carbonyl (C=O) groups excluding carboxylic acids is 1. The lowest BCUT2D eigenvalue weighted by Crippen LogP contribution is -2.42. The Kier molecular flexibility index (Phi) is 5.75. The van der Waals surface area contributed by atoms with E-state index < -0.39 is 17.0 Å². The summed E-state index contributed by atoms with van der Waals surface area (Å²) in [6.07, 6.45) is 0.671. The Bertz CT molecular complexity index is 336. The molecule has 6 heteroatoms. The first-order chi connectivity index (χ1) is 8.99. The van der Waals surface area contributed by atoms with Gasteiger partial charge in [0.2, 0.25) is 0 Å². The minimum Gasteiger partial charge on any atom is -0.598 e. The summed E-state index contributed by atoms with van der Waals surface area (Å²) in [6, 6.07) is 0. The van der Waals surface area contributed by atoms with E-state index in [-0.39, 0.29) is 10.8 Å². The fourth-order valence-electron chi connectivity index (χ4n) is 1.90. The quantitative estimate of drug-likeness (QED) is 0.813. The molecular formula is C14H28N2O3S. The van der Waals surface area contributed by atoms with Gasteiger partial charge in [-0.2, -0.15) is 0 Å². The number of hydrogen-bond donors (Lipinski definition) is 1. The van der Waals surface area contributed by atoms with Crippen molar-refractivity contribution in [1.82, 2.24) is 9.62 Å². The standard InChI is InChI=1S/C14H28N2O3S/c1-13(2,3)19-12(17)16-8-7-11(10-16)9-15-20(18)14(4,5)6/h11,15H,7-10H2,1-6H3/t11-,20+/m1/s1. The monoisotopic (exact) mass is 304 g/mol. The van der Waals surface area contributed by atoms with E-state index in [0.717, 1.165) is 6.42 Å². The number of amides is 1. The summed E-state index contributed by atoms with van der Waals surface area (Å²) in [6.45, 7) is 13.5. The Hall–Kier alpha value is -0.460.